The highest BCUT2D eigenvalue weighted by Crippen LogP contribution is 2.35. The fraction of sp³-hybridized carbons (Fsp3) is 0.419. The van der Waals surface area contributed by atoms with Crippen molar-refractivity contribution < 1.29 is 14.0 Å². The van der Waals surface area contributed by atoms with Crippen molar-refractivity contribution in [1.82, 2.24) is 20.0 Å². The molecular weight excluding hydrogens is 493 g/mol. The minimum atomic E-state index is -0.478. The molecule has 1 N–H and O–H groups in total. The lowest BCUT2D eigenvalue weighted by atomic mass is 9.88. The van der Waals surface area contributed by atoms with Crippen LogP contribution in [-0.2, 0) is 9.59 Å². The lowest BCUT2D eigenvalue weighted by Gasteiger charge is -2.39. The van der Waals surface area contributed by atoms with Gasteiger partial charge in [-0.1, -0.05) is 43.5 Å². The molecule has 6 rings (SSSR count). The van der Waals surface area contributed by atoms with E-state index in [9.17, 15) is 14.0 Å². The molecule has 0 spiro atoms. The zero-order valence-electron chi connectivity index (χ0n) is 22.3. The minimum absolute atomic E-state index is 0.115. The van der Waals surface area contributed by atoms with Gasteiger partial charge >= 0.3 is 0 Å². The normalized spacial score (nSPS) is 18.2. The first kappa shape index (κ1) is 26.6. The highest BCUT2D eigenvalue weighted by Gasteiger charge is 2.45. The zero-order chi connectivity index (χ0) is 27.4. The number of likely N-dealkylation sites (tertiary alicyclic amines) is 1. The molecule has 2 saturated carbocycles. The van der Waals surface area contributed by atoms with Crippen molar-refractivity contribution in [2.75, 3.05) is 13.1 Å². The molecule has 7 nitrogen and oxygen atoms in total. The number of rotatable bonds is 5. The molecule has 1 saturated heterocycles. The van der Waals surface area contributed by atoms with Gasteiger partial charge in [0.2, 0.25) is 11.8 Å². The molecule has 2 aliphatic carbocycles. The van der Waals surface area contributed by atoms with E-state index < -0.39 is 5.54 Å². The van der Waals surface area contributed by atoms with Crippen LogP contribution in [0.25, 0.3) is 16.8 Å². The van der Waals surface area contributed by atoms with Crippen LogP contribution in [0.4, 0.5) is 4.39 Å². The number of nitrogens with zero attached hydrogens (tertiary/aromatic N) is 4. The summed E-state index contributed by atoms with van der Waals surface area (Å²) in [6.07, 6.45) is 11.0. The van der Waals surface area contributed by atoms with Gasteiger partial charge in [0.05, 0.1) is 18.0 Å². The minimum Gasteiger partial charge on any atom is -0.342 e. The Morgan fingerprint density at radius 1 is 1.00 bits per heavy atom. The Bertz CT molecular complexity index is 1340. The zero-order valence-corrected chi connectivity index (χ0v) is 22.3. The van der Waals surface area contributed by atoms with Crippen molar-refractivity contribution in [3.63, 3.8) is 0 Å². The summed E-state index contributed by atoms with van der Waals surface area (Å²) in [5.41, 5.74) is 3.69. The number of carbonyl (C=O) groups excluding carboxylic acids is 2. The molecule has 1 aliphatic heterocycles. The molecule has 0 unspecified atom stereocenters. The quantitative estimate of drug-likeness (QED) is 0.483. The first-order valence-corrected chi connectivity index (χ1v) is 13.8. The fourth-order valence-electron chi connectivity index (χ4n) is 5.19. The topological polar surface area (TPSA) is 91.0 Å². The Kier molecular flexibility index (Phi) is 7.78. The summed E-state index contributed by atoms with van der Waals surface area (Å²) in [5, 5.41) is 16.1. The van der Waals surface area contributed by atoms with Crippen molar-refractivity contribution in [3.8, 4) is 22.9 Å². The monoisotopic (exact) mass is 527 g/mol. The average molecular weight is 528 g/mol. The molecule has 2 amide bonds. The number of hydrogen-bond donors (Lipinski definition) is 1. The number of hydrogen-bond acceptors (Lipinski definition) is 4. The van der Waals surface area contributed by atoms with Crippen LogP contribution in [0.1, 0.15) is 63.4 Å². The van der Waals surface area contributed by atoms with Crippen molar-refractivity contribution in [2.45, 2.75) is 63.3 Å². The Morgan fingerprint density at radius 3 is 2.26 bits per heavy atom. The predicted octanol–water partition coefficient (Wildman–Crippen LogP) is 5.36. The summed E-state index contributed by atoms with van der Waals surface area (Å²) < 4.78 is 14.8. The van der Waals surface area contributed by atoms with E-state index in [1.807, 2.05) is 11.1 Å². The number of amides is 2. The van der Waals surface area contributed by atoms with Crippen molar-refractivity contribution >= 4 is 11.8 Å². The average Bonchev–Trinajstić information content (AvgIpc) is 3.52. The van der Waals surface area contributed by atoms with E-state index in [0.717, 1.165) is 68.4 Å². The maximum absolute atomic E-state index is 13.0. The van der Waals surface area contributed by atoms with E-state index in [4.69, 9.17) is 5.26 Å². The molecule has 2 heterocycles. The number of benzene rings is 2. The maximum Gasteiger partial charge on any atom is 0.224 e. The lowest BCUT2D eigenvalue weighted by molar-refractivity contribution is -0.133. The molecule has 0 radical (unpaired) electrons. The van der Waals surface area contributed by atoms with Gasteiger partial charge in [-0.3, -0.25) is 9.59 Å². The highest BCUT2D eigenvalue weighted by molar-refractivity contribution is 5.80. The highest BCUT2D eigenvalue weighted by atomic mass is 19.1. The van der Waals surface area contributed by atoms with Crippen molar-refractivity contribution in [2.24, 2.45) is 5.92 Å². The summed E-state index contributed by atoms with van der Waals surface area (Å²) in [5.74, 6) is 0.602. The Hall–Kier alpha value is -3.99. The summed E-state index contributed by atoms with van der Waals surface area (Å²) in [4.78, 5) is 24.9. The van der Waals surface area contributed by atoms with E-state index in [-0.39, 0.29) is 23.5 Å². The van der Waals surface area contributed by atoms with E-state index in [1.165, 1.54) is 24.1 Å². The Morgan fingerprint density at radius 2 is 1.67 bits per heavy atom. The van der Waals surface area contributed by atoms with Gasteiger partial charge in [-0.25, -0.2) is 9.07 Å². The summed E-state index contributed by atoms with van der Waals surface area (Å²) in [7, 11) is 0. The predicted molar refractivity (Wildman–Crippen MR) is 146 cm³/mol. The van der Waals surface area contributed by atoms with Crippen LogP contribution in [0.2, 0.25) is 0 Å². The molecular formula is C31H34FN5O2. The second kappa shape index (κ2) is 11.4. The van der Waals surface area contributed by atoms with Crippen LogP contribution in [0.3, 0.4) is 0 Å². The maximum atomic E-state index is 13.0. The van der Waals surface area contributed by atoms with Gasteiger partial charge in [0.25, 0.3) is 0 Å². The summed E-state index contributed by atoms with van der Waals surface area (Å²) in [6, 6.07) is 16.8. The first-order chi connectivity index (χ1) is 18.9. The largest absolute Gasteiger partial charge is 0.342 e. The van der Waals surface area contributed by atoms with Crippen LogP contribution < -0.4 is 5.32 Å². The number of nitriles is 1. The van der Waals surface area contributed by atoms with Gasteiger partial charge in [-0.2, -0.15) is 10.4 Å². The van der Waals surface area contributed by atoms with Crippen molar-refractivity contribution in [3.05, 3.63) is 72.3 Å². The third-order valence-electron chi connectivity index (χ3n) is 8.02. The molecule has 2 aromatic carbocycles. The third kappa shape index (κ3) is 6.36. The third-order valence-corrected chi connectivity index (χ3v) is 8.02. The van der Waals surface area contributed by atoms with E-state index in [0.29, 0.717) is 5.92 Å². The standard InChI is InChI=1S/C20H18FN3O.C11H16N2O/c1-14(25)23-11-18(12-23)16-4-2-15(3-5-16)17-10-22-24(13-17)20-8-6-19(21)7-9-20;12-8-11(6-7-11)13-10(14)9-4-2-1-3-5-9/h2-10,13,18H,11-12H2,1H3;9H,1-7H2,(H,13,14). The molecule has 0 bridgehead atoms. The van der Waals surface area contributed by atoms with Gasteiger partial charge in [0, 0.05) is 43.6 Å². The molecule has 3 aromatic rings. The summed E-state index contributed by atoms with van der Waals surface area (Å²) >= 11 is 0. The smallest absolute Gasteiger partial charge is 0.224 e. The van der Waals surface area contributed by atoms with Crippen LogP contribution in [0.5, 0.6) is 0 Å². The van der Waals surface area contributed by atoms with Crippen molar-refractivity contribution in [1.29, 1.82) is 5.26 Å². The molecule has 1 aromatic heterocycles. The van der Waals surface area contributed by atoms with Crippen LogP contribution in [0, 0.1) is 23.1 Å². The molecule has 0 atom stereocenters. The van der Waals surface area contributed by atoms with E-state index >= 15 is 0 Å². The molecule has 8 heteroatoms. The van der Waals surface area contributed by atoms with Gasteiger partial charge in [-0.05, 0) is 61.1 Å². The molecule has 39 heavy (non-hydrogen) atoms. The Balaban J connectivity index is 0.000000186. The van der Waals surface area contributed by atoms with Gasteiger partial charge in [0.1, 0.15) is 11.4 Å². The number of nitrogens with one attached hydrogen (secondary N) is 1. The summed E-state index contributed by atoms with van der Waals surface area (Å²) in [6.45, 7) is 3.21. The first-order valence-electron chi connectivity index (χ1n) is 13.8. The van der Waals surface area contributed by atoms with E-state index in [2.05, 4.69) is 40.8 Å². The molecule has 202 valence electrons. The number of carbonyl (C=O) groups is 2. The van der Waals surface area contributed by atoms with Gasteiger partial charge in [0.15, 0.2) is 0 Å². The lowest BCUT2D eigenvalue weighted by Crippen LogP contribution is -2.47. The SMILES string of the molecule is CC(=O)N1CC(c2ccc(-c3cnn(-c4ccc(F)cc4)c3)cc2)C1.N#CC1(NC(=O)C2CCCCC2)CC1. The second-order valence-corrected chi connectivity index (χ2v) is 10.9. The van der Waals surface area contributed by atoms with Gasteiger partial charge in [-0.15, -0.1) is 0 Å². The van der Waals surface area contributed by atoms with Crippen LogP contribution in [-0.4, -0.2) is 45.1 Å². The Labute approximate surface area is 228 Å². The second-order valence-electron chi connectivity index (χ2n) is 10.9. The van der Waals surface area contributed by atoms with E-state index in [1.54, 1.807) is 29.9 Å². The molecule has 3 aliphatic rings. The fourth-order valence-corrected chi connectivity index (χ4v) is 5.19. The van der Waals surface area contributed by atoms with Crippen LogP contribution >= 0.6 is 0 Å². The van der Waals surface area contributed by atoms with Gasteiger partial charge < -0.3 is 10.2 Å². The number of aromatic nitrogens is 2. The number of halogens is 1. The molecule has 3 fully saturated rings. The van der Waals surface area contributed by atoms with Crippen LogP contribution in [0.15, 0.2) is 60.9 Å².